The Bertz CT molecular complexity index is 342. The molecule has 0 aliphatic heterocycles. The lowest BCUT2D eigenvalue weighted by atomic mass is 10.0. The Hall–Kier alpha value is -1.26. The average molecular weight is 238 g/mol. The van der Waals surface area contributed by atoms with Gasteiger partial charge >= 0.3 is 0 Å². The fraction of sp³-hybridized carbons (Fsp3) is 0.538. The number of hydrogen-bond acceptors (Lipinski definition) is 4. The smallest absolute Gasteiger partial charge is 0.161 e. The molecule has 0 saturated heterocycles. The van der Waals surface area contributed by atoms with Crippen molar-refractivity contribution >= 4 is 0 Å². The van der Waals surface area contributed by atoms with Crippen LogP contribution in [0.3, 0.4) is 0 Å². The highest BCUT2D eigenvalue weighted by Gasteiger charge is 2.10. The summed E-state index contributed by atoms with van der Waals surface area (Å²) in [6, 6.07) is 5.82. The van der Waals surface area contributed by atoms with Gasteiger partial charge in [-0.2, -0.15) is 0 Å². The predicted molar refractivity (Wildman–Crippen MR) is 69.4 cm³/mol. The molecule has 0 spiro atoms. The van der Waals surface area contributed by atoms with Crippen LogP contribution in [0.5, 0.6) is 11.5 Å². The molecule has 0 aliphatic carbocycles. The zero-order chi connectivity index (χ0) is 12.7. The van der Waals surface area contributed by atoms with E-state index in [1.807, 2.05) is 25.1 Å². The van der Waals surface area contributed by atoms with Crippen LogP contribution in [0.25, 0.3) is 0 Å². The first-order valence-electron chi connectivity index (χ1n) is 5.99. The number of rotatable bonds is 7. The highest BCUT2D eigenvalue weighted by molar-refractivity contribution is 5.43. The van der Waals surface area contributed by atoms with E-state index in [9.17, 15) is 0 Å². The minimum absolute atomic E-state index is 0.00339. The summed E-state index contributed by atoms with van der Waals surface area (Å²) >= 11 is 0. The molecule has 0 saturated carbocycles. The SMILES string of the molecule is CCOc1cc([C@H](N)CCCN)ccc1OC. The second kappa shape index (κ2) is 7.14. The first-order valence-corrected chi connectivity index (χ1v) is 5.99. The molecule has 4 heteroatoms. The highest BCUT2D eigenvalue weighted by atomic mass is 16.5. The molecule has 0 radical (unpaired) electrons. The maximum Gasteiger partial charge on any atom is 0.161 e. The molecule has 1 rings (SSSR count). The molecule has 96 valence electrons. The van der Waals surface area contributed by atoms with Crippen molar-refractivity contribution in [3.63, 3.8) is 0 Å². The fourth-order valence-electron chi connectivity index (χ4n) is 1.70. The Labute approximate surface area is 103 Å². The molecule has 0 amide bonds. The third-order valence-corrected chi connectivity index (χ3v) is 2.63. The van der Waals surface area contributed by atoms with Gasteiger partial charge in [0.1, 0.15) is 0 Å². The second-order valence-corrected chi connectivity index (χ2v) is 3.88. The van der Waals surface area contributed by atoms with Crippen LogP contribution in [0, 0.1) is 0 Å². The average Bonchev–Trinajstić information content (AvgIpc) is 2.36. The van der Waals surface area contributed by atoms with Gasteiger partial charge in [-0.3, -0.25) is 0 Å². The van der Waals surface area contributed by atoms with Crippen LogP contribution in [0.15, 0.2) is 18.2 Å². The maximum absolute atomic E-state index is 6.09. The number of benzene rings is 1. The minimum atomic E-state index is 0.00339. The van der Waals surface area contributed by atoms with Crippen molar-refractivity contribution in [1.29, 1.82) is 0 Å². The van der Waals surface area contributed by atoms with Gasteiger partial charge < -0.3 is 20.9 Å². The molecular weight excluding hydrogens is 216 g/mol. The summed E-state index contributed by atoms with van der Waals surface area (Å²) in [7, 11) is 1.63. The molecule has 1 aromatic rings. The van der Waals surface area contributed by atoms with E-state index >= 15 is 0 Å². The molecule has 0 fully saturated rings. The van der Waals surface area contributed by atoms with Gasteiger partial charge in [-0.1, -0.05) is 6.07 Å². The Kier molecular flexibility index (Phi) is 5.80. The van der Waals surface area contributed by atoms with Gasteiger partial charge in [0.2, 0.25) is 0 Å². The summed E-state index contributed by atoms with van der Waals surface area (Å²) in [4.78, 5) is 0. The lowest BCUT2D eigenvalue weighted by molar-refractivity contribution is 0.310. The number of methoxy groups -OCH3 is 1. The van der Waals surface area contributed by atoms with Gasteiger partial charge in [-0.15, -0.1) is 0 Å². The Morgan fingerprint density at radius 3 is 2.65 bits per heavy atom. The van der Waals surface area contributed by atoms with Crippen molar-refractivity contribution in [2.24, 2.45) is 11.5 Å². The van der Waals surface area contributed by atoms with Gasteiger partial charge in [-0.25, -0.2) is 0 Å². The normalized spacial score (nSPS) is 12.2. The summed E-state index contributed by atoms with van der Waals surface area (Å²) in [6.07, 6.45) is 1.81. The monoisotopic (exact) mass is 238 g/mol. The maximum atomic E-state index is 6.09. The zero-order valence-corrected chi connectivity index (χ0v) is 10.6. The number of hydrogen-bond donors (Lipinski definition) is 2. The summed E-state index contributed by atoms with van der Waals surface area (Å²) < 4.78 is 10.7. The van der Waals surface area contributed by atoms with Crippen molar-refractivity contribution in [3.8, 4) is 11.5 Å². The van der Waals surface area contributed by atoms with E-state index in [0.29, 0.717) is 13.2 Å². The van der Waals surface area contributed by atoms with E-state index < -0.39 is 0 Å². The molecule has 4 N–H and O–H groups in total. The lowest BCUT2D eigenvalue weighted by Gasteiger charge is -2.15. The quantitative estimate of drug-likeness (QED) is 0.760. The van der Waals surface area contributed by atoms with E-state index in [4.69, 9.17) is 20.9 Å². The van der Waals surface area contributed by atoms with Gasteiger partial charge in [0.05, 0.1) is 13.7 Å². The van der Waals surface area contributed by atoms with E-state index in [0.717, 1.165) is 29.9 Å². The van der Waals surface area contributed by atoms with Crippen LogP contribution < -0.4 is 20.9 Å². The molecule has 4 nitrogen and oxygen atoms in total. The first-order chi connectivity index (χ1) is 8.22. The first kappa shape index (κ1) is 13.8. The van der Waals surface area contributed by atoms with Crippen molar-refractivity contribution in [2.75, 3.05) is 20.3 Å². The molecule has 1 atom stereocenters. The van der Waals surface area contributed by atoms with Crippen LogP contribution in [0.2, 0.25) is 0 Å². The van der Waals surface area contributed by atoms with Crippen LogP contribution in [0.4, 0.5) is 0 Å². The molecule has 0 aliphatic rings. The molecule has 1 aromatic carbocycles. The zero-order valence-electron chi connectivity index (χ0n) is 10.6. The predicted octanol–water partition coefficient (Wildman–Crippen LogP) is 1.83. The Morgan fingerprint density at radius 2 is 2.06 bits per heavy atom. The molecular formula is C13H22N2O2. The third kappa shape index (κ3) is 3.91. The van der Waals surface area contributed by atoms with Gasteiger partial charge in [0.15, 0.2) is 11.5 Å². The molecule has 0 bridgehead atoms. The molecule has 17 heavy (non-hydrogen) atoms. The van der Waals surface area contributed by atoms with Crippen molar-refractivity contribution in [2.45, 2.75) is 25.8 Å². The lowest BCUT2D eigenvalue weighted by Crippen LogP contribution is -2.12. The standard InChI is InChI=1S/C13H22N2O2/c1-3-17-13-9-10(6-7-12(13)16-2)11(15)5-4-8-14/h6-7,9,11H,3-5,8,14-15H2,1-2H3/t11-/m1/s1. The third-order valence-electron chi connectivity index (χ3n) is 2.63. The van der Waals surface area contributed by atoms with E-state index in [-0.39, 0.29) is 6.04 Å². The molecule has 0 unspecified atom stereocenters. The van der Waals surface area contributed by atoms with E-state index in [1.165, 1.54) is 0 Å². The minimum Gasteiger partial charge on any atom is -0.493 e. The van der Waals surface area contributed by atoms with Crippen LogP contribution in [0.1, 0.15) is 31.4 Å². The van der Waals surface area contributed by atoms with E-state index in [1.54, 1.807) is 7.11 Å². The van der Waals surface area contributed by atoms with Crippen LogP contribution in [-0.4, -0.2) is 20.3 Å². The van der Waals surface area contributed by atoms with Crippen LogP contribution in [-0.2, 0) is 0 Å². The summed E-state index contributed by atoms with van der Waals surface area (Å²) in [5.74, 6) is 1.48. The van der Waals surface area contributed by atoms with Crippen LogP contribution >= 0.6 is 0 Å². The van der Waals surface area contributed by atoms with Gasteiger partial charge in [0, 0.05) is 6.04 Å². The highest BCUT2D eigenvalue weighted by Crippen LogP contribution is 2.30. The van der Waals surface area contributed by atoms with Crippen molar-refractivity contribution in [3.05, 3.63) is 23.8 Å². The second-order valence-electron chi connectivity index (χ2n) is 3.88. The molecule has 0 heterocycles. The van der Waals surface area contributed by atoms with E-state index in [2.05, 4.69) is 0 Å². The fourth-order valence-corrected chi connectivity index (χ4v) is 1.70. The van der Waals surface area contributed by atoms with Crippen molar-refractivity contribution in [1.82, 2.24) is 0 Å². The topological polar surface area (TPSA) is 70.5 Å². The summed E-state index contributed by atoms with van der Waals surface area (Å²) in [5, 5.41) is 0. The number of ether oxygens (including phenoxy) is 2. The van der Waals surface area contributed by atoms with Crippen molar-refractivity contribution < 1.29 is 9.47 Å². The Morgan fingerprint density at radius 1 is 1.29 bits per heavy atom. The Balaban J connectivity index is 2.83. The summed E-state index contributed by atoms with van der Waals surface area (Å²) in [5.41, 5.74) is 12.6. The summed E-state index contributed by atoms with van der Waals surface area (Å²) in [6.45, 7) is 3.22. The molecule has 0 aromatic heterocycles. The largest absolute Gasteiger partial charge is 0.493 e. The van der Waals surface area contributed by atoms with Gasteiger partial charge in [-0.05, 0) is 44.0 Å². The number of nitrogens with two attached hydrogens (primary N) is 2. The van der Waals surface area contributed by atoms with Gasteiger partial charge in [0.25, 0.3) is 0 Å².